The number of anilines is 2. The Morgan fingerprint density at radius 3 is 1.73 bits per heavy atom. The van der Waals surface area contributed by atoms with Gasteiger partial charge >= 0.3 is 0 Å². The number of nitrogens with zero attached hydrogens (tertiary/aromatic N) is 5. The van der Waals surface area contributed by atoms with Gasteiger partial charge in [0.15, 0.2) is 16.4 Å². The maximum Gasteiger partial charge on any atom is 0.225 e. The smallest absolute Gasteiger partial charge is 0.225 e. The maximum absolute atomic E-state index is 6.42. The molecule has 2 heterocycles. The fourth-order valence-corrected chi connectivity index (χ4v) is 6.39. The first-order valence-electron chi connectivity index (χ1n) is 13.4. The van der Waals surface area contributed by atoms with Crippen LogP contribution in [0, 0.1) is 0 Å². The Bertz CT molecular complexity index is 1720. The van der Waals surface area contributed by atoms with Gasteiger partial charge in [0.2, 0.25) is 5.69 Å². The van der Waals surface area contributed by atoms with E-state index in [0.717, 1.165) is 33.9 Å². The van der Waals surface area contributed by atoms with Crippen LogP contribution >= 0.6 is 12.2 Å². The first-order chi connectivity index (χ1) is 20.2. The van der Waals surface area contributed by atoms with E-state index in [1.54, 1.807) is 11.9 Å². The van der Waals surface area contributed by atoms with E-state index in [1.165, 1.54) is 0 Å². The largest absolute Gasteiger partial charge is 0.497 e. The lowest BCUT2D eigenvalue weighted by Gasteiger charge is -2.46. The molecule has 200 valence electrons. The van der Waals surface area contributed by atoms with Crippen LogP contribution in [0.1, 0.15) is 11.1 Å². The first-order valence-corrected chi connectivity index (χ1v) is 13.9. The summed E-state index contributed by atoms with van der Waals surface area (Å²) >= 11 is 6.42. The normalized spacial score (nSPS) is 21.3. The molecule has 5 aromatic carbocycles. The summed E-state index contributed by atoms with van der Waals surface area (Å²) in [6.45, 7) is 0. The third kappa shape index (κ3) is 3.66. The van der Waals surface area contributed by atoms with E-state index in [2.05, 4.69) is 46.2 Å². The molecule has 0 spiro atoms. The highest BCUT2D eigenvalue weighted by Crippen LogP contribution is 2.64. The summed E-state index contributed by atoms with van der Waals surface area (Å²) in [6.07, 6.45) is 0. The average molecular weight is 554 g/mol. The number of azo groups is 1. The number of hydrogen-bond donors (Lipinski definition) is 0. The van der Waals surface area contributed by atoms with Crippen LogP contribution in [0.25, 0.3) is 5.43 Å². The van der Waals surface area contributed by atoms with E-state index in [-0.39, 0.29) is 0 Å². The summed E-state index contributed by atoms with van der Waals surface area (Å²) in [7, 11) is 1.67. The molecular formula is C34H27N5OS. The summed E-state index contributed by atoms with van der Waals surface area (Å²) in [5, 5.41) is 6.12. The van der Waals surface area contributed by atoms with Crippen molar-refractivity contribution in [2.75, 3.05) is 16.9 Å². The third-order valence-electron chi connectivity index (χ3n) is 7.68. The van der Waals surface area contributed by atoms with Gasteiger partial charge in [0.25, 0.3) is 0 Å². The molecule has 7 heteroatoms. The van der Waals surface area contributed by atoms with Gasteiger partial charge in [-0.15, -0.1) is 4.81 Å². The lowest BCUT2D eigenvalue weighted by Crippen LogP contribution is -2.53. The lowest BCUT2D eigenvalue weighted by molar-refractivity contribution is -0.457. The van der Waals surface area contributed by atoms with Gasteiger partial charge in [0, 0.05) is 23.5 Å². The van der Waals surface area contributed by atoms with Crippen molar-refractivity contribution in [2.24, 2.45) is 5.11 Å². The van der Waals surface area contributed by atoms with Gasteiger partial charge in [-0.3, -0.25) is 0 Å². The van der Waals surface area contributed by atoms with Crippen molar-refractivity contribution in [3.05, 3.63) is 162 Å². The van der Waals surface area contributed by atoms with Crippen molar-refractivity contribution in [3.8, 4) is 5.75 Å². The Hall–Kier alpha value is -5.01. The Labute approximate surface area is 244 Å². The van der Waals surface area contributed by atoms with Crippen LogP contribution < -0.4 is 14.5 Å². The van der Waals surface area contributed by atoms with Crippen molar-refractivity contribution in [1.82, 2.24) is 0 Å². The molecule has 1 fully saturated rings. The van der Waals surface area contributed by atoms with Crippen LogP contribution in [-0.4, -0.2) is 17.0 Å². The number of rotatable bonds is 6. The predicted octanol–water partition coefficient (Wildman–Crippen LogP) is 8.11. The van der Waals surface area contributed by atoms with Crippen LogP contribution in [0.4, 0.5) is 17.1 Å². The van der Waals surface area contributed by atoms with Gasteiger partial charge < -0.3 is 14.5 Å². The number of methoxy groups -OCH3 is 1. The number of benzene rings is 5. The van der Waals surface area contributed by atoms with E-state index in [9.17, 15) is 0 Å². The highest BCUT2D eigenvalue weighted by molar-refractivity contribution is 7.80. The molecule has 0 aromatic heterocycles. The molecular weight excluding hydrogens is 526 g/mol. The van der Waals surface area contributed by atoms with E-state index in [1.807, 2.05) is 109 Å². The standard InChI is InChI=1S/C34H27N5OS/c1-40-31-24-22-29(23-25-31)38-32(41)37(28-18-10-4-11-19-28)33(26-14-6-2-7-15-26)34(38,27-16-8-3-9-17-27)36-39(35-33)30-20-12-5-13-21-30/h2-25H,1H3. The van der Waals surface area contributed by atoms with Crippen LogP contribution in [0.5, 0.6) is 5.75 Å². The van der Waals surface area contributed by atoms with Crippen molar-refractivity contribution < 1.29 is 9.54 Å². The second-order valence-electron chi connectivity index (χ2n) is 9.89. The molecule has 2 aliphatic heterocycles. The number of hydrogen-bond acceptors (Lipinski definition) is 3. The molecule has 7 rings (SSSR count). The Morgan fingerprint density at radius 1 is 0.634 bits per heavy atom. The minimum Gasteiger partial charge on any atom is -0.497 e. The van der Waals surface area contributed by atoms with Crippen molar-refractivity contribution in [3.63, 3.8) is 0 Å². The zero-order valence-corrected chi connectivity index (χ0v) is 23.2. The molecule has 0 amide bonds. The van der Waals surface area contributed by atoms with Crippen LogP contribution in [0.2, 0.25) is 0 Å². The maximum atomic E-state index is 6.42. The van der Waals surface area contributed by atoms with E-state index >= 15 is 0 Å². The molecule has 2 aliphatic rings. The summed E-state index contributed by atoms with van der Waals surface area (Å²) in [4.78, 5) is 6.07. The predicted molar refractivity (Wildman–Crippen MR) is 165 cm³/mol. The topological polar surface area (TPSA) is 45.2 Å². The Kier molecular flexibility index (Phi) is 6.02. The number of ether oxygens (including phenoxy) is 1. The molecule has 0 aliphatic carbocycles. The third-order valence-corrected chi connectivity index (χ3v) is 8.04. The molecule has 0 radical (unpaired) electrons. The Morgan fingerprint density at radius 2 is 1.15 bits per heavy atom. The van der Waals surface area contributed by atoms with E-state index in [4.69, 9.17) is 27.5 Å². The first kappa shape index (κ1) is 25.0. The monoisotopic (exact) mass is 553 g/mol. The van der Waals surface area contributed by atoms with Gasteiger partial charge in [-0.05, 0) is 59.7 Å². The minimum atomic E-state index is -1.10. The number of para-hydroxylation sites is 2. The van der Waals surface area contributed by atoms with Gasteiger partial charge in [0.05, 0.1) is 7.11 Å². The zero-order chi connectivity index (χ0) is 27.9. The van der Waals surface area contributed by atoms with Crippen LogP contribution in [0.3, 0.4) is 0 Å². The molecule has 0 N–H and O–H groups in total. The van der Waals surface area contributed by atoms with Gasteiger partial charge in [-0.25, -0.2) is 0 Å². The fourth-order valence-electron chi connectivity index (χ4n) is 5.91. The second-order valence-corrected chi connectivity index (χ2v) is 10.3. The quantitative estimate of drug-likeness (QED) is 0.157. The zero-order valence-electron chi connectivity index (χ0n) is 22.4. The van der Waals surface area contributed by atoms with Crippen molar-refractivity contribution in [1.29, 1.82) is 0 Å². The molecule has 0 saturated carbocycles. The molecule has 0 bridgehead atoms. The van der Waals surface area contributed by atoms with Crippen LogP contribution in [0.15, 0.2) is 151 Å². The molecule has 41 heavy (non-hydrogen) atoms. The highest BCUT2D eigenvalue weighted by atomic mass is 32.1. The van der Waals surface area contributed by atoms with Gasteiger partial charge in [-0.2, -0.15) is 10.5 Å². The lowest BCUT2D eigenvalue weighted by atomic mass is 9.81. The molecule has 2 unspecified atom stereocenters. The van der Waals surface area contributed by atoms with Gasteiger partial charge in [0.1, 0.15) is 5.75 Å². The average Bonchev–Trinajstić information content (AvgIpc) is 3.50. The second kappa shape index (κ2) is 9.87. The molecule has 1 saturated heterocycles. The summed E-state index contributed by atoms with van der Waals surface area (Å²) in [5.41, 5.74) is 7.93. The summed E-state index contributed by atoms with van der Waals surface area (Å²) < 4.78 is 5.50. The fraction of sp³-hybridized carbons (Fsp3) is 0.0882. The van der Waals surface area contributed by atoms with E-state index in [0.29, 0.717) is 5.11 Å². The molecule has 6 nitrogen and oxygen atoms in total. The molecule has 2 atom stereocenters. The number of fused-ring (bicyclic) bond motifs is 1. The van der Waals surface area contributed by atoms with E-state index < -0.39 is 11.3 Å². The molecule has 5 aromatic rings. The summed E-state index contributed by atoms with van der Waals surface area (Å²) in [5.74, 6) is 0.765. The summed E-state index contributed by atoms with van der Waals surface area (Å²) in [6, 6.07) is 48.9. The van der Waals surface area contributed by atoms with Crippen molar-refractivity contribution in [2.45, 2.75) is 11.3 Å². The van der Waals surface area contributed by atoms with Crippen molar-refractivity contribution >= 4 is 34.4 Å². The Balaban J connectivity index is 1.61. The minimum absolute atomic E-state index is 0.592. The SMILES string of the molecule is COc1ccc(N2C(=S)N(c3ccccc3)C3(c4ccccc4)N=[N+](c4ccccc4)[N-]C23c2ccccc2)cc1. The highest BCUT2D eigenvalue weighted by Gasteiger charge is 2.70. The number of thiocarbonyl (C=S) groups is 1. The van der Waals surface area contributed by atoms with Crippen LogP contribution in [-0.2, 0) is 11.3 Å². The van der Waals surface area contributed by atoms with Gasteiger partial charge in [-0.1, -0.05) is 97.1 Å².